The van der Waals surface area contributed by atoms with Crippen molar-refractivity contribution in [3.05, 3.63) is 23.0 Å². The number of nitrogens with two attached hydrogens (primary N) is 2. The Morgan fingerprint density at radius 2 is 1.65 bits per heavy atom. The Bertz CT molecular complexity index is 2170. The first-order valence-electron chi connectivity index (χ1n) is 15.7. The van der Waals surface area contributed by atoms with Gasteiger partial charge in [0, 0.05) is 0 Å². The molecule has 3 aliphatic heterocycles. The Labute approximate surface area is 305 Å². The van der Waals surface area contributed by atoms with Crippen LogP contribution in [0.5, 0.6) is 0 Å². The van der Waals surface area contributed by atoms with E-state index in [0.717, 1.165) is 11.0 Å². The standard InChI is InChI=1S/C25H36FN11O10P2S2Si/c1-25(2,3)52(4,5)47-16-11-7-42-48(39,50)45-15-10(43-22(12(15)26)37-19-13(34-35-37)18(27)29-8-30-19)6-41-49(40,51)46-17(16)23(44-11)36-9-31-14-20(36)32-24(28)33-21(14)38/h8-12,15-17,22-23H,6-7H2,1-5H3,(H,39,50)(H,40,51)(H2,27,29,30)(H3,28,32,33,38)/p-2/t10-,11-,12+,15-,16-,17+,22-,23-,48?,49?/m1/s1. The molecule has 0 spiro atoms. The molecule has 2 unspecified atom stereocenters. The van der Waals surface area contributed by atoms with Crippen LogP contribution in [0.1, 0.15) is 33.2 Å². The van der Waals surface area contributed by atoms with Gasteiger partial charge in [-0.25, -0.2) is 19.3 Å². The summed E-state index contributed by atoms with van der Waals surface area (Å²) in [5.41, 5.74) is 11.1. The Balaban J connectivity index is 1.27. The smallest absolute Gasteiger partial charge is 0.280 e. The van der Waals surface area contributed by atoms with Gasteiger partial charge in [0.15, 0.2) is 55.1 Å². The number of aromatic amines is 1. The first-order valence-corrected chi connectivity index (χ1v) is 23.7. The van der Waals surface area contributed by atoms with Gasteiger partial charge in [0.2, 0.25) is 5.95 Å². The Morgan fingerprint density at radius 3 is 2.35 bits per heavy atom. The molecule has 52 heavy (non-hydrogen) atoms. The van der Waals surface area contributed by atoms with E-state index in [0.29, 0.717) is 0 Å². The molecule has 0 aromatic carbocycles. The maximum Gasteiger partial charge on any atom is 0.280 e. The summed E-state index contributed by atoms with van der Waals surface area (Å²) in [6.07, 6.45) is -9.32. The Morgan fingerprint density at radius 1 is 1.00 bits per heavy atom. The van der Waals surface area contributed by atoms with Crippen LogP contribution in [0, 0.1) is 0 Å². The van der Waals surface area contributed by atoms with Crippen molar-refractivity contribution in [1.82, 2.24) is 44.5 Å². The number of halogens is 1. The molecule has 3 aliphatic rings. The molecule has 0 aliphatic carbocycles. The lowest BCUT2D eigenvalue weighted by Crippen LogP contribution is -2.50. The lowest BCUT2D eigenvalue weighted by Gasteiger charge is -2.42. The highest BCUT2D eigenvalue weighted by Crippen LogP contribution is 2.53. The number of nitrogen functional groups attached to an aromatic ring is 2. The Hall–Kier alpha value is -2.48. The topological polar surface area (TPSA) is 283 Å². The number of fused-ring (bicyclic) bond motifs is 5. The molecule has 3 fully saturated rings. The zero-order valence-corrected chi connectivity index (χ0v) is 32.5. The van der Waals surface area contributed by atoms with E-state index in [9.17, 15) is 14.6 Å². The zero-order chi connectivity index (χ0) is 37.5. The van der Waals surface area contributed by atoms with Gasteiger partial charge in [-0.1, -0.05) is 49.6 Å². The molecule has 2 bridgehead atoms. The third kappa shape index (κ3) is 6.96. The lowest BCUT2D eigenvalue weighted by molar-refractivity contribution is -0.221. The van der Waals surface area contributed by atoms with E-state index >= 15 is 4.39 Å². The zero-order valence-electron chi connectivity index (χ0n) is 28.1. The molecule has 3 saturated heterocycles. The van der Waals surface area contributed by atoms with Crippen molar-refractivity contribution >= 4 is 79.5 Å². The molecule has 0 saturated carbocycles. The van der Waals surface area contributed by atoms with E-state index in [1.165, 1.54) is 10.9 Å². The van der Waals surface area contributed by atoms with E-state index in [1.807, 2.05) is 33.9 Å². The molecule has 7 heterocycles. The second-order valence-electron chi connectivity index (χ2n) is 13.8. The van der Waals surface area contributed by atoms with E-state index in [1.54, 1.807) is 0 Å². The molecular weight excluding hydrogens is 788 g/mol. The van der Waals surface area contributed by atoms with Gasteiger partial charge < -0.3 is 53.2 Å². The number of imidazole rings is 1. The molecule has 10 atom stereocenters. The largest absolute Gasteiger partial charge is 0.780 e. The third-order valence-electron chi connectivity index (χ3n) is 9.34. The van der Waals surface area contributed by atoms with Crippen LogP contribution in [0.2, 0.25) is 18.1 Å². The predicted molar refractivity (Wildman–Crippen MR) is 185 cm³/mol. The highest BCUT2D eigenvalue weighted by Gasteiger charge is 2.54. The van der Waals surface area contributed by atoms with Crippen molar-refractivity contribution in [2.45, 2.75) is 88.1 Å². The average molecular weight is 822 g/mol. The number of hydrogen-bond acceptors (Lipinski definition) is 20. The van der Waals surface area contributed by atoms with Crippen LogP contribution >= 0.6 is 13.4 Å². The molecule has 7 rings (SSSR count). The maximum atomic E-state index is 16.3. The summed E-state index contributed by atoms with van der Waals surface area (Å²) in [5, 5.41) is 7.46. The maximum absolute atomic E-state index is 16.3. The van der Waals surface area contributed by atoms with Gasteiger partial charge in [0.05, 0.1) is 19.5 Å². The van der Waals surface area contributed by atoms with Crippen molar-refractivity contribution < 1.29 is 46.2 Å². The van der Waals surface area contributed by atoms with E-state index in [2.05, 4.69) is 35.2 Å². The van der Waals surface area contributed by atoms with Crippen LogP contribution in [0.15, 0.2) is 17.4 Å². The lowest BCUT2D eigenvalue weighted by atomic mass is 10.1. The molecule has 4 aromatic heterocycles. The average Bonchev–Trinajstić information content (AvgIpc) is 3.80. The van der Waals surface area contributed by atoms with E-state index in [-0.39, 0.29) is 39.1 Å². The number of aromatic nitrogens is 9. The van der Waals surface area contributed by atoms with Crippen molar-refractivity contribution in [2.24, 2.45) is 0 Å². The fraction of sp³-hybridized carbons (Fsp3) is 0.640. The van der Waals surface area contributed by atoms with Crippen LogP contribution in [-0.4, -0.2) is 103 Å². The fourth-order valence-electron chi connectivity index (χ4n) is 5.76. The summed E-state index contributed by atoms with van der Waals surface area (Å²) >= 11 is 10.6. The molecule has 21 nitrogen and oxygen atoms in total. The van der Waals surface area contributed by atoms with Gasteiger partial charge in [-0.2, -0.15) is 9.67 Å². The van der Waals surface area contributed by atoms with E-state index in [4.69, 9.17) is 67.1 Å². The van der Waals surface area contributed by atoms with Crippen LogP contribution in [-0.2, 0) is 55.6 Å². The van der Waals surface area contributed by atoms with Gasteiger partial charge in [-0.15, -0.1) is 5.10 Å². The van der Waals surface area contributed by atoms with Gasteiger partial charge in [0.1, 0.15) is 50.3 Å². The minimum Gasteiger partial charge on any atom is -0.780 e. The molecular formula is C25H34FN11O10P2S2Si-2. The molecule has 0 amide bonds. The van der Waals surface area contributed by atoms with Crippen LogP contribution in [0.4, 0.5) is 16.2 Å². The summed E-state index contributed by atoms with van der Waals surface area (Å²) in [7, 11) is -2.71. The molecule has 4 aromatic rings. The highest BCUT2D eigenvalue weighted by atomic mass is 32.5. The normalized spacial score (nSPS) is 34.9. The predicted octanol–water partition coefficient (Wildman–Crippen LogP) is 0.0290. The second kappa shape index (κ2) is 13.4. The number of ether oxygens (including phenoxy) is 2. The highest BCUT2D eigenvalue weighted by molar-refractivity contribution is 8.06. The summed E-state index contributed by atoms with van der Waals surface area (Å²) in [4.78, 5) is 59.1. The SMILES string of the molecule is CC(C)(C)[Si](C)(C)O[C@H]1[C@@H]2OP([O-])(=S)OC[C@H]3O[C@@H](n4nnc5c(N)ncnc54)[C@@H](F)[C@@H]3OP([O-])(=S)OC[C@H]1O[C@H]2n1cnc2c(=O)[nH]c(N)nc21. The van der Waals surface area contributed by atoms with Crippen LogP contribution < -0.4 is 26.8 Å². The number of nitrogens with zero attached hydrogens (tertiary/aromatic N) is 8. The molecule has 5 N–H and O–H groups in total. The first-order chi connectivity index (χ1) is 24.3. The summed E-state index contributed by atoms with van der Waals surface area (Å²) in [5.74, 6) is -0.224. The minimum absolute atomic E-state index is 0.000828. The van der Waals surface area contributed by atoms with Gasteiger partial charge in [0.25, 0.3) is 5.56 Å². The monoisotopic (exact) mass is 821 g/mol. The summed E-state index contributed by atoms with van der Waals surface area (Å²) < 4.78 is 60.7. The first kappa shape index (κ1) is 37.8. The number of rotatable bonds is 4. The quantitative estimate of drug-likeness (QED) is 0.181. The van der Waals surface area contributed by atoms with Crippen molar-refractivity contribution in [2.75, 3.05) is 24.7 Å². The van der Waals surface area contributed by atoms with E-state index < -0.39 is 89.7 Å². The summed E-state index contributed by atoms with van der Waals surface area (Å²) in [6, 6.07) is 0. The minimum atomic E-state index is -4.56. The fourth-order valence-corrected chi connectivity index (χ4v) is 9.89. The molecule has 284 valence electrons. The van der Waals surface area contributed by atoms with Crippen LogP contribution in [0.25, 0.3) is 22.3 Å². The van der Waals surface area contributed by atoms with Crippen LogP contribution in [0.3, 0.4) is 0 Å². The summed E-state index contributed by atoms with van der Waals surface area (Å²) in [6.45, 7) is -0.461. The van der Waals surface area contributed by atoms with Gasteiger partial charge in [-0.05, 0) is 18.1 Å². The van der Waals surface area contributed by atoms with Gasteiger partial charge >= 0.3 is 0 Å². The molecule has 27 heteroatoms. The molecule has 0 radical (unpaired) electrons. The van der Waals surface area contributed by atoms with Gasteiger partial charge in [-0.3, -0.25) is 14.3 Å². The second-order valence-corrected chi connectivity index (χ2v) is 24.0. The number of hydrogen-bond donors (Lipinski definition) is 3. The van der Waals surface area contributed by atoms with Crippen molar-refractivity contribution in [1.29, 1.82) is 0 Å². The third-order valence-corrected chi connectivity index (χ3v) is 16.9. The number of H-pyrrole nitrogens is 1. The number of anilines is 2. The Kier molecular flexibility index (Phi) is 9.72. The number of alkyl halides is 1. The van der Waals surface area contributed by atoms with Crippen molar-refractivity contribution in [3.8, 4) is 0 Å². The van der Waals surface area contributed by atoms with Crippen molar-refractivity contribution in [3.63, 3.8) is 0 Å². The number of nitrogens with one attached hydrogen (secondary N) is 1.